The van der Waals surface area contributed by atoms with Crippen LogP contribution in [-0.4, -0.2) is 38.0 Å². The summed E-state index contributed by atoms with van der Waals surface area (Å²) in [4.78, 5) is 30.4. The van der Waals surface area contributed by atoms with E-state index in [0.29, 0.717) is 12.1 Å². The highest BCUT2D eigenvalue weighted by Gasteiger charge is 2.32. The van der Waals surface area contributed by atoms with Gasteiger partial charge in [0, 0.05) is 32.4 Å². The fourth-order valence-electron chi connectivity index (χ4n) is 3.42. The van der Waals surface area contributed by atoms with Gasteiger partial charge in [-0.2, -0.15) is 5.10 Å². The third-order valence-electron chi connectivity index (χ3n) is 4.76. The Morgan fingerprint density at radius 1 is 1.38 bits per heavy atom. The number of rotatable bonds is 5. The van der Waals surface area contributed by atoms with Gasteiger partial charge in [-0.1, -0.05) is 0 Å². The first-order chi connectivity index (χ1) is 12.5. The molecule has 0 spiro atoms. The van der Waals surface area contributed by atoms with Crippen LogP contribution in [0.3, 0.4) is 0 Å². The van der Waals surface area contributed by atoms with Gasteiger partial charge in [-0.3, -0.25) is 19.3 Å². The molecule has 1 atom stereocenters. The molecule has 1 saturated heterocycles. The SMILES string of the molecule is CCn1cc(C(=O)N2CCCC2c2ccnc(CNC(C)=O)c2)c(C)n1. The van der Waals surface area contributed by atoms with E-state index >= 15 is 0 Å². The number of hydrogen-bond acceptors (Lipinski definition) is 4. The molecule has 138 valence electrons. The Hall–Kier alpha value is -2.70. The van der Waals surface area contributed by atoms with Crippen molar-refractivity contribution in [3.05, 3.63) is 47.0 Å². The molecule has 2 aromatic heterocycles. The molecule has 0 aliphatic carbocycles. The van der Waals surface area contributed by atoms with Crippen LogP contribution in [0.4, 0.5) is 0 Å². The first-order valence-corrected chi connectivity index (χ1v) is 9.04. The van der Waals surface area contributed by atoms with E-state index in [4.69, 9.17) is 0 Å². The Bertz CT molecular complexity index is 814. The zero-order valence-corrected chi connectivity index (χ0v) is 15.5. The van der Waals surface area contributed by atoms with Crippen molar-refractivity contribution in [1.29, 1.82) is 0 Å². The summed E-state index contributed by atoms with van der Waals surface area (Å²) in [6, 6.07) is 3.97. The quantitative estimate of drug-likeness (QED) is 0.892. The summed E-state index contributed by atoms with van der Waals surface area (Å²) in [6.45, 7) is 7.25. The second-order valence-electron chi connectivity index (χ2n) is 6.63. The fourth-order valence-corrected chi connectivity index (χ4v) is 3.42. The zero-order valence-electron chi connectivity index (χ0n) is 15.5. The van der Waals surface area contributed by atoms with Crippen molar-refractivity contribution in [3.8, 4) is 0 Å². The van der Waals surface area contributed by atoms with Crippen LogP contribution in [0.25, 0.3) is 0 Å². The van der Waals surface area contributed by atoms with Crippen LogP contribution in [-0.2, 0) is 17.9 Å². The Balaban J connectivity index is 1.81. The first-order valence-electron chi connectivity index (χ1n) is 9.04. The van der Waals surface area contributed by atoms with Gasteiger partial charge in [0.2, 0.25) is 5.91 Å². The lowest BCUT2D eigenvalue weighted by molar-refractivity contribution is -0.119. The van der Waals surface area contributed by atoms with E-state index in [2.05, 4.69) is 15.4 Å². The minimum atomic E-state index is -0.0849. The maximum absolute atomic E-state index is 13.1. The lowest BCUT2D eigenvalue weighted by Gasteiger charge is -2.25. The number of amides is 2. The number of likely N-dealkylation sites (tertiary alicyclic amines) is 1. The van der Waals surface area contributed by atoms with Crippen LogP contribution in [0.2, 0.25) is 0 Å². The molecule has 3 rings (SSSR count). The molecule has 1 fully saturated rings. The lowest BCUT2D eigenvalue weighted by atomic mass is 10.0. The molecule has 7 heteroatoms. The molecule has 2 aromatic rings. The topological polar surface area (TPSA) is 80.1 Å². The van der Waals surface area contributed by atoms with Crippen molar-refractivity contribution < 1.29 is 9.59 Å². The summed E-state index contributed by atoms with van der Waals surface area (Å²) in [6.07, 6.45) is 5.48. The second-order valence-corrected chi connectivity index (χ2v) is 6.63. The van der Waals surface area contributed by atoms with Gasteiger partial charge in [0.15, 0.2) is 0 Å². The van der Waals surface area contributed by atoms with Crippen molar-refractivity contribution in [2.45, 2.75) is 52.7 Å². The maximum Gasteiger partial charge on any atom is 0.257 e. The predicted molar refractivity (Wildman–Crippen MR) is 97.4 cm³/mol. The number of carbonyl (C=O) groups is 2. The lowest BCUT2D eigenvalue weighted by Crippen LogP contribution is -2.31. The molecule has 0 bridgehead atoms. The molecule has 1 N–H and O–H groups in total. The monoisotopic (exact) mass is 355 g/mol. The number of pyridine rings is 1. The molecule has 1 unspecified atom stereocenters. The number of aryl methyl sites for hydroxylation is 2. The van der Waals surface area contributed by atoms with Gasteiger partial charge in [-0.05, 0) is 44.4 Å². The molecule has 1 aliphatic rings. The van der Waals surface area contributed by atoms with E-state index < -0.39 is 0 Å². The Morgan fingerprint density at radius 2 is 2.19 bits per heavy atom. The van der Waals surface area contributed by atoms with Gasteiger partial charge in [-0.15, -0.1) is 0 Å². The van der Waals surface area contributed by atoms with Gasteiger partial charge in [-0.25, -0.2) is 0 Å². The molecular weight excluding hydrogens is 330 g/mol. The van der Waals surface area contributed by atoms with Gasteiger partial charge >= 0.3 is 0 Å². The zero-order chi connectivity index (χ0) is 18.7. The average Bonchev–Trinajstić information content (AvgIpc) is 3.26. The molecule has 7 nitrogen and oxygen atoms in total. The van der Waals surface area contributed by atoms with Gasteiger partial charge < -0.3 is 10.2 Å². The summed E-state index contributed by atoms with van der Waals surface area (Å²) in [5.41, 5.74) is 3.30. The predicted octanol–water partition coefficient (Wildman–Crippen LogP) is 2.22. The van der Waals surface area contributed by atoms with Gasteiger partial charge in [0.05, 0.1) is 29.5 Å². The highest BCUT2D eigenvalue weighted by Crippen LogP contribution is 2.33. The molecule has 0 radical (unpaired) electrons. The number of hydrogen-bond donors (Lipinski definition) is 1. The van der Waals surface area contributed by atoms with E-state index in [1.54, 1.807) is 10.9 Å². The number of nitrogens with one attached hydrogen (secondary N) is 1. The fraction of sp³-hybridized carbons (Fsp3) is 0.474. The number of nitrogens with zero attached hydrogens (tertiary/aromatic N) is 4. The van der Waals surface area contributed by atoms with Crippen LogP contribution in [0.15, 0.2) is 24.5 Å². The van der Waals surface area contributed by atoms with Crippen molar-refractivity contribution in [1.82, 2.24) is 25.0 Å². The summed E-state index contributed by atoms with van der Waals surface area (Å²) in [5.74, 6) is -0.0526. The summed E-state index contributed by atoms with van der Waals surface area (Å²) < 4.78 is 1.80. The van der Waals surface area contributed by atoms with E-state index in [1.807, 2.05) is 37.1 Å². The van der Waals surface area contributed by atoms with Crippen molar-refractivity contribution in [2.75, 3.05) is 6.54 Å². The van der Waals surface area contributed by atoms with Gasteiger partial charge in [0.25, 0.3) is 5.91 Å². The van der Waals surface area contributed by atoms with Crippen molar-refractivity contribution in [2.24, 2.45) is 0 Å². The molecule has 26 heavy (non-hydrogen) atoms. The minimum Gasteiger partial charge on any atom is -0.351 e. The normalized spacial score (nSPS) is 16.7. The summed E-state index contributed by atoms with van der Waals surface area (Å²) in [7, 11) is 0. The maximum atomic E-state index is 13.1. The highest BCUT2D eigenvalue weighted by molar-refractivity contribution is 5.95. The molecule has 0 saturated carbocycles. The Kier molecular flexibility index (Phi) is 5.35. The second kappa shape index (κ2) is 7.68. The molecule has 2 amide bonds. The van der Waals surface area contributed by atoms with Crippen molar-refractivity contribution >= 4 is 11.8 Å². The minimum absolute atomic E-state index is 0.0323. The van der Waals surface area contributed by atoms with Crippen LogP contribution >= 0.6 is 0 Å². The summed E-state index contributed by atoms with van der Waals surface area (Å²) >= 11 is 0. The van der Waals surface area contributed by atoms with E-state index in [9.17, 15) is 9.59 Å². The standard InChI is InChI=1S/C19H25N5O2/c1-4-23-12-17(13(2)22-23)19(26)24-9-5-6-18(24)15-7-8-20-16(10-15)11-21-14(3)25/h7-8,10,12,18H,4-6,9,11H2,1-3H3,(H,21,25). The Labute approximate surface area is 153 Å². The van der Waals surface area contributed by atoms with E-state index in [0.717, 1.165) is 42.9 Å². The van der Waals surface area contributed by atoms with Crippen LogP contribution in [0, 0.1) is 6.92 Å². The van der Waals surface area contributed by atoms with Crippen LogP contribution in [0.5, 0.6) is 0 Å². The van der Waals surface area contributed by atoms with Crippen LogP contribution < -0.4 is 5.32 Å². The average molecular weight is 355 g/mol. The van der Waals surface area contributed by atoms with E-state index in [-0.39, 0.29) is 17.9 Å². The smallest absolute Gasteiger partial charge is 0.257 e. The highest BCUT2D eigenvalue weighted by atomic mass is 16.2. The number of carbonyl (C=O) groups excluding carboxylic acids is 2. The largest absolute Gasteiger partial charge is 0.351 e. The molecule has 3 heterocycles. The van der Waals surface area contributed by atoms with Crippen LogP contribution in [0.1, 0.15) is 60.0 Å². The summed E-state index contributed by atoms with van der Waals surface area (Å²) in [5, 5.41) is 7.16. The van der Waals surface area contributed by atoms with Crippen molar-refractivity contribution in [3.63, 3.8) is 0 Å². The third kappa shape index (κ3) is 3.76. The molecular formula is C19H25N5O2. The number of aromatic nitrogens is 3. The molecule has 0 aromatic carbocycles. The molecule has 1 aliphatic heterocycles. The van der Waals surface area contributed by atoms with Gasteiger partial charge in [0.1, 0.15) is 0 Å². The first kappa shape index (κ1) is 18.1. The third-order valence-corrected chi connectivity index (χ3v) is 4.76. The van der Waals surface area contributed by atoms with E-state index in [1.165, 1.54) is 6.92 Å². The Morgan fingerprint density at radius 3 is 2.88 bits per heavy atom.